The van der Waals surface area contributed by atoms with E-state index in [1.165, 1.54) is 4.90 Å². The van der Waals surface area contributed by atoms with Gasteiger partial charge in [-0.3, -0.25) is 9.59 Å². The van der Waals surface area contributed by atoms with Gasteiger partial charge in [0, 0.05) is 26.2 Å². The van der Waals surface area contributed by atoms with Gasteiger partial charge < -0.3 is 20.2 Å². The van der Waals surface area contributed by atoms with Crippen LogP contribution in [0.5, 0.6) is 0 Å². The molecule has 118 valence electrons. The second kappa shape index (κ2) is 5.91. The van der Waals surface area contributed by atoms with Gasteiger partial charge >= 0.3 is 12.0 Å². The number of carboxylic acid groups (broad SMARTS) is 1. The molecule has 2 aliphatic rings. The van der Waals surface area contributed by atoms with Gasteiger partial charge in [0.05, 0.1) is 6.42 Å². The van der Waals surface area contributed by atoms with E-state index in [1.807, 2.05) is 0 Å². The molecule has 2 saturated heterocycles. The number of aliphatic carboxylic acids is 1. The van der Waals surface area contributed by atoms with Crippen LogP contribution in [-0.4, -0.2) is 65.0 Å². The molecule has 7 nitrogen and oxygen atoms in total. The number of likely N-dealkylation sites (tertiary alicyclic amines) is 1. The zero-order valence-electron chi connectivity index (χ0n) is 12.6. The Balaban J connectivity index is 2.11. The minimum atomic E-state index is -1.08. The average molecular weight is 297 g/mol. The van der Waals surface area contributed by atoms with E-state index in [0.717, 1.165) is 12.8 Å². The summed E-state index contributed by atoms with van der Waals surface area (Å²) in [5.41, 5.74) is 0.0637. The van der Waals surface area contributed by atoms with Crippen LogP contribution in [0.1, 0.15) is 33.1 Å². The summed E-state index contributed by atoms with van der Waals surface area (Å²) in [7, 11) is 0. The third-order valence-electron chi connectivity index (χ3n) is 4.12. The summed E-state index contributed by atoms with van der Waals surface area (Å²) in [5.74, 6) is -1.46. The number of urea groups is 1. The number of nitrogens with one attached hydrogen (secondary N) is 1. The van der Waals surface area contributed by atoms with Crippen molar-refractivity contribution >= 4 is 17.9 Å². The highest BCUT2D eigenvalue weighted by Crippen LogP contribution is 2.29. The van der Waals surface area contributed by atoms with Crippen LogP contribution in [0, 0.1) is 5.41 Å². The summed E-state index contributed by atoms with van der Waals surface area (Å²) in [6, 6.07) is -1.13. The Bertz CT molecular complexity index is 450. The molecule has 0 bridgehead atoms. The largest absolute Gasteiger partial charge is 0.481 e. The number of rotatable bonds is 2. The van der Waals surface area contributed by atoms with Gasteiger partial charge in [-0.1, -0.05) is 13.8 Å². The second-order valence-electron chi connectivity index (χ2n) is 6.57. The van der Waals surface area contributed by atoms with E-state index in [1.54, 1.807) is 4.90 Å². The van der Waals surface area contributed by atoms with Crippen molar-refractivity contribution in [2.75, 3.05) is 26.2 Å². The highest BCUT2D eigenvalue weighted by molar-refractivity contribution is 5.91. The zero-order chi connectivity index (χ0) is 15.6. The molecule has 0 radical (unpaired) electrons. The number of carboxylic acids is 1. The molecule has 3 amide bonds. The average Bonchev–Trinajstić information content (AvgIpc) is 2.38. The number of carbonyl (C=O) groups excluding carboxylic acids is 2. The van der Waals surface area contributed by atoms with Crippen molar-refractivity contribution in [1.82, 2.24) is 15.1 Å². The van der Waals surface area contributed by atoms with E-state index in [0.29, 0.717) is 26.2 Å². The molecule has 1 unspecified atom stereocenters. The Morgan fingerprint density at radius 2 is 2.10 bits per heavy atom. The molecule has 2 rings (SSSR count). The highest BCUT2D eigenvalue weighted by atomic mass is 16.4. The van der Waals surface area contributed by atoms with Gasteiger partial charge in [0.15, 0.2) is 0 Å². The Kier molecular flexibility index (Phi) is 4.39. The van der Waals surface area contributed by atoms with Crippen molar-refractivity contribution in [2.45, 2.75) is 39.2 Å². The first-order chi connectivity index (χ1) is 9.80. The molecule has 2 aliphatic heterocycles. The van der Waals surface area contributed by atoms with Crippen LogP contribution in [0.4, 0.5) is 4.79 Å². The van der Waals surface area contributed by atoms with Crippen molar-refractivity contribution in [3.8, 4) is 0 Å². The van der Waals surface area contributed by atoms with Crippen molar-refractivity contribution in [3.05, 3.63) is 0 Å². The first-order valence-electron chi connectivity index (χ1n) is 7.35. The van der Waals surface area contributed by atoms with Crippen LogP contribution >= 0.6 is 0 Å². The fraction of sp³-hybridized carbons (Fsp3) is 0.786. The van der Waals surface area contributed by atoms with Gasteiger partial charge in [-0.15, -0.1) is 0 Å². The van der Waals surface area contributed by atoms with Gasteiger partial charge in [-0.05, 0) is 18.3 Å². The Morgan fingerprint density at radius 3 is 2.71 bits per heavy atom. The molecule has 0 aromatic rings. The number of piperidine rings is 1. The van der Waals surface area contributed by atoms with Gasteiger partial charge in [0.25, 0.3) is 0 Å². The van der Waals surface area contributed by atoms with Crippen molar-refractivity contribution < 1.29 is 19.5 Å². The van der Waals surface area contributed by atoms with E-state index in [4.69, 9.17) is 5.11 Å². The summed E-state index contributed by atoms with van der Waals surface area (Å²) in [4.78, 5) is 38.6. The zero-order valence-corrected chi connectivity index (χ0v) is 12.6. The van der Waals surface area contributed by atoms with Crippen LogP contribution < -0.4 is 5.32 Å². The van der Waals surface area contributed by atoms with Crippen LogP contribution in [0.15, 0.2) is 0 Å². The predicted octanol–water partition coefficient (Wildman–Crippen LogP) is 0.504. The number of amides is 3. The predicted molar refractivity (Wildman–Crippen MR) is 75.7 cm³/mol. The molecule has 0 spiro atoms. The normalized spacial score (nSPS) is 25.4. The third-order valence-corrected chi connectivity index (χ3v) is 4.12. The van der Waals surface area contributed by atoms with Gasteiger partial charge in [0.1, 0.15) is 6.04 Å². The quantitative estimate of drug-likeness (QED) is 0.777. The van der Waals surface area contributed by atoms with Gasteiger partial charge in [-0.2, -0.15) is 0 Å². The smallest absolute Gasteiger partial charge is 0.320 e. The van der Waals surface area contributed by atoms with Crippen molar-refractivity contribution in [2.24, 2.45) is 5.41 Å². The summed E-state index contributed by atoms with van der Waals surface area (Å²) < 4.78 is 0. The number of hydrogen-bond donors (Lipinski definition) is 2. The summed E-state index contributed by atoms with van der Waals surface area (Å²) in [6.45, 7) is 6.27. The van der Waals surface area contributed by atoms with Crippen LogP contribution in [0.25, 0.3) is 0 Å². The molecule has 2 N–H and O–H groups in total. The lowest BCUT2D eigenvalue weighted by Crippen LogP contribution is -2.61. The lowest BCUT2D eigenvalue weighted by atomic mass is 9.84. The van der Waals surface area contributed by atoms with E-state index in [2.05, 4.69) is 19.2 Å². The molecular formula is C14H23N3O4. The maximum atomic E-state index is 12.7. The van der Waals surface area contributed by atoms with E-state index in [-0.39, 0.29) is 23.8 Å². The summed E-state index contributed by atoms with van der Waals surface area (Å²) in [6.07, 6.45) is 1.65. The van der Waals surface area contributed by atoms with E-state index in [9.17, 15) is 14.4 Å². The number of hydrogen-bond acceptors (Lipinski definition) is 3. The maximum absolute atomic E-state index is 12.7. The van der Waals surface area contributed by atoms with Crippen LogP contribution in [0.3, 0.4) is 0 Å². The van der Waals surface area contributed by atoms with Crippen molar-refractivity contribution in [1.29, 1.82) is 0 Å². The lowest BCUT2D eigenvalue weighted by Gasteiger charge is -2.43. The second-order valence-corrected chi connectivity index (χ2v) is 6.57. The fourth-order valence-corrected chi connectivity index (χ4v) is 3.08. The molecule has 21 heavy (non-hydrogen) atoms. The Labute approximate surface area is 124 Å². The minimum Gasteiger partial charge on any atom is -0.481 e. The number of piperazine rings is 1. The topological polar surface area (TPSA) is 90.0 Å². The van der Waals surface area contributed by atoms with E-state index < -0.39 is 12.0 Å². The SMILES string of the molecule is CC1(C)CCCN(C(=O)N2CCNC(=O)C2CC(=O)O)C1. The minimum absolute atomic E-state index is 0.0637. The molecule has 0 aromatic carbocycles. The summed E-state index contributed by atoms with van der Waals surface area (Å²) in [5, 5.41) is 11.6. The maximum Gasteiger partial charge on any atom is 0.320 e. The lowest BCUT2D eigenvalue weighted by molar-refractivity contribution is -0.142. The van der Waals surface area contributed by atoms with Crippen molar-refractivity contribution in [3.63, 3.8) is 0 Å². The van der Waals surface area contributed by atoms with Gasteiger partial charge in [-0.25, -0.2) is 4.79 Å². The molecule has 0 saturated carbocycles. The number of nitrogens with zero attached hydrogens (tertiary/aromatic N) is 2. The van der Waals surface area contributed by atoms with Gasteiger partial charge in [0.2, 0.25) is 5.91 Å². The Morgan fingerprint density at radius 1 is 1.38 bits per heavy atom. The molecule has 2 fully saturated rings. The monoisotopic (exact) mass is 297 g/mol. The molecule has 0 aromatic heterocycles. The molecular weight excluding hydrogens is 274 g/mol. The number of carbonyl (C=O) groups is 3. The third kappa shape index (κ3) is 3.65. The molecule has 1 atom stereocenters. The molecule has 0 aliphatic carbocycles. The first kappa shape index (κ1) is 15.6. The first-order valence-corrected chi connectivity index (χ1v) is 7.35. The van der Waals surface area contributed by atoms with E-state index >= 15 is 0 Å². The van der Waals surface area contributed by atoms with Crippen LogP contribution in [-0.2, 0) is 9.59 Å². The molecule has 2 heterocycles. The molecule has 7 heteroatoms. The standard InChI is InChI=1S/C14H23N3O4/c1-14(2)4-3-6-16(9-14)13(21)17-7-5-15-12(20)10(17)8-11(18)19/h10H,3-9H2,1-2H3,(H,15,20)(H,18,19). The summed E-state index contributed by atoms with van der Waals surface area (Å²) >= 11 is 0. The highest BCUT2D eigenvalue weighted by Gasteiger charge is 2.38. The Hall–Kier alpha value is -1.79. The fourth-order valence-electron chi connectivity index (χ4n) is 3.08. The van der Waals surface area contributed by atoms with Crippen LogP contribution in [0.2, 0.25) is 0 Å².